The molecule has 4 heteroatoms. The van der Waals surface area contributed by atoms with Crippen LogP contribution in [0.5, 0.6) is 5.75 Å². The van der Waals surface area contributed by atoms with E-state index in [1.807, 2.05) is 60.7 Å². The van der Waals surface area contributed by atoms with Crippen LogP contribution in [0.4, 0.5) is 0 Å². The first-order valence-electron chi connectivity index (χ1n) is 6.23. The third-order valence-electron chi connectivity index (χ3n) is 2.61. The summed E-state index contributed by atoms with van der Waals surface area (Å²) in [6.07, 6.45) is 3.59. The van der Waals surface area contributed by atoms with Gasteiger partial charge in [-0.15, -0.1) is 0 Å². The molecule has 0 atom stereocenters. The van der Waals surface area contributed by atoms with Crippen molar-refractivity contribution in [3.63, 3.8) is 0 Å². The molecule has 20 heavy (non-hydrogen) atoms. The molecule has 2 aromatic carbocycles. The van der Waals surface area contributed by atoms with Crippen LogP contribution in [0.1, 0.15) is 11.1 Å². The first-order valence-corrected chi connectivity index (χ1v) is 6.64. The maximum atomic E-state index is 5.76. The summed E-state index contributed by atoms with van der Waals surface area (Å²) in [5, 5.41) is 3.01. The van der Waals surface area contributed by atoms with Crippen molar-refractivity contribution < 1.29 is 4.74 Å². The molecular formula is C16H16N2OS. The van der Waals surface area contributed by atoms with Gasteiger partial charge in [0.05, 0.1) is 0 Å². The third-order valence-corrected chi connectivity index (χ3v) is 2.73. The van der Waals surface area contributed by atoms with Crippen molar-refractivity contribution in [2.75, 3.05) is 0 Å². The molecular weight excluding hydrogens is 268 g/mol. The Balaban J connectivity index is 1.95. The summed E-state index contributed by atoms with van der Waals surface area (Å²) in [5.41, 5.74) is 7.50. The molecule has 0 spiro atoms. The fourth-order valence-electron chi connectivity index (χ4n) is 1.67. The highest BCUT2D eigenvalue weighted by atomic mass is 32.1. The van der Waals surface area contributed by atoms with Crippen LogP contribution in [0.15, 0.2) is 60.8 Å². The number of hydrogen-bond acceptors (Lipinski definition) is 2. The number of nitrogens with one attached hydrogen (secondary N) is 1. The fraction of sp³-hybridized carbons (Fsp3) is 0.0625. The zero-order valence-electron chi connectivity index (χ0n) is 11.0. The predicted octanol–water partition coefficient (Wildman–Crippen LogP) is 3.07. The molecule has 0 aliphatic heterocycles. The van der Waals surface area contributed by atoms with Crippen molar-refractivity contribution in [1.82, 2.24) is 5.32 Å². The maximum Gasteiger partial charge on any atom is 0.167 e. The van der Waals surface area contributed by atoms with E-state index in [4.69, 9.17) is 22.7 Å². The highest BCUT2D eigenvalue weighted by molar-refractivity contribution is 7.80. The standard InChI is InChI=1S/C16H16N2OS/c17-16(20)18-10-9-13-7-4-8-15(11-13)19-12-14-5-2-1-3-6-14/h1-11H,12H2,(H3,17,18,20). The zero-order chi connectivity index (χ0) is 14.2. The van der Waals surface area contributed by atoms with Crippen LogP contribution in [0.3, 0.4) is 0 Å². The Morgan fingerprint density at radius 3 is 2.70 bits per heavy atom. The predicted molar refractivity (Wildman–Crippen MR) is 86.2 cm³/mol. The molecule has 0 aliphatic rings. The molecule has 0 saturated carbocycles. The lowest BCUT2D eigenvalue weighted by Crippen LogP contribution is -2.23. The van der Waals surface area contributed by atoms with Crippen molar-refractivity contribution in [2.24, 2.45) is 5.73 Å². The molecule has 2 aromatic rings. The van der Waals surface area contributed by atoms with E-state index in [-0.39, 0.29) is 5.11 Å². The van der Waals surface area contributed by atoms with Crippen LogP contribution < -0.4 is 15.8 Å². The van der Waals surface area contributed by atoms with Crippen LogP contribution >= 0.6 is 12.2 Å². The van der Waals surface area contributed by atoms with Crippen LogP contribution in [0, 0.1) is 0 Å². The molecule has 0 unspecified atom stereocenters. The summed E-state index contributed by atoms with van der Waals surface area (Å²) < 4.78 is 5.76. The second kappa shape index (κ2) is 7.31. The van der Waals surface area contributed by atoms with Gasteiger partial charge < -0.3 is 15.8 Å². The monoisotopic (exact) mass is 284 g/mol. The van der Waals surface area contributed by atoms with Crippen molar-refractivity contribution in [3.05, 3.63) is 71.9 Å². The van der Waals surface area contributed by atoms with Gasteiger partial charge in [0.25, 0.3) is 0 Å². The molecule has 3 N–H and O–H groups in total. The minimum atomic E-state index is 0.248. The Kier molecular flexibility index (Phi) is 5.15. The van der Waals surface area contributed by atoms with E-state index in [1.54, 1.807) is 6.20 Å². The normalized spacial score (nSPS) is 10.4. The van der Waals surface area contributed by atoms with E-state index in [2.05, 4.69) is 5.32 Å². The topological polar surface area (TPSA) is 47.3 Å². The Hall–Kier alpha value is -2.33. The average molecular weight is 284 g/mol. The van der Waals surface area contributed by atoms with E-state index >= 15 is 0 Å². The Labute approximate surface area is 124 Å². The molecule has 0 radical (unpaired) electrons. The summed E-state index contributed by atoms with van der Waals surface area (Å²) in [5.74, 6) is 0.825. The second-order valence-electron chi connectivity index (χ2n) is 4.19. The van der Waals surface area contributed by atoms with E-state index in [1.165, 1.54) is 0 Å². The van der Waals surface area contributed by atoms with E-state index < -0.39 is 0 Å². The quantitative estimate of drug-likeness (QED) is 0.828. The first kappa shape index (κ1) is 14.1. The van der Waals surface area contributed by atoms with Gasteiger partial charge >= 0.3 is 0 Å². The fourth-order valence-corrected chi connectivity index (χ4v) is 1.74. The van der Waals surface area contributed by atoms with Crippen molar-refractivity contribution in [3.8, 4) is 5.75 Å². The van der Waals surface area contributed by atoms with Gasteiger partial charge in [-0.05, 0) is 41.6 Å². The van der Waals surface area contributed by atoms with Crippen LogP contribution in [-0.4, -0.2) is 5.11 Å². The zero-order valence-corrected chi connectivity index (χ0v) is 11.8. The van der Waals surface area contributed by atoms with Gasteiger partial charge in [0, 0.05) is 6.20 Å². The number of nitrogens with two attached hydrogens (primary N) is 1. The van der Waals surface area contributed by atoms with Crippen molar-refractivity contribution in [1.29, 1.82) is 0 Å². The smallest absolute Gasteiger partial charge is 0.167 e. The van der Waals surface area contributed by atoms with Gasteiger partial charge in [0.1, 0.15) is 12.4 Å². The van der Waals surface area contributed by atoms with Crippen LogP contribution in [0.2, 0.25) is 0 Å². The van der Waals surface area contributed by atoms with Gasteiger partial charge in [-0.3, -0.25) is 0 Å². The Bertz CT molecular complexity index is 596. The molecule has 102 valence electrons. The van der Waals surface area contributed by atoms with Crippen molar-refractivity contribution in [2.45, 2.75) is 6.61 Å². The van der Waals surface area contributed by atoms with Crippen LogP contribution in [0.25, 0.3) is 6.08 Å². The SMILES string of the molecule is NC(=S)NC=Cc1cccc(OCc2ccccc2)c1. The van der Waals surface area contributed by atoms with E-state index in [9.17, 15) is 0 Å². The van der Waals surface area contributed by atoms with E-state index in [0.29, 0.717) is 6.61 Å². The number of benzene rings is 2. The van der Waals surface area contributed by atoms with Gasteiger partial charge in [-0.2, -0.15) is 0 Å². The van der Waals surface area contributed by atoms with Gasteiger partial charge in [-0.25, -0.2) is 0 Å². The number of ether oxygens (including phenoxy) is 1. The largest absolute Gasteiger partial charge is 0.489 e. The highest BCUT2D eigenvalue weighted by Crippen LogP contribution is 2.16. The molecule has 0 aromatic heterocycles. The minimum absolute atomic E-state index is 0.248. The summed E-state index contributed by atoms with van der Waals surface area (Å²) in [7, 11) is 0. The van der Waals surface area contributed by atoms with Gasteiger partial charge in [0.2, 0.25) is 0 Å². The van der Waals surface area contributed by atoms with Crippen molar-refractivity contribution >= 4 is 23.4 Å². The first-order chi connectivity index (χ1) is 9.74. The molecule has 0 amide bonds. The molecule has 0 bridgehead atoms. The number of rotatable bonds is 5. The van der Waals surface area contributed by atoms with Crippen LogP contribution in [-0.2, 0) is 6.61 Å². The summed E-state index contributed by atoms with van der Waals surface area (Å²) in [4.78, 5) is 0. The molecule has 0 heterocycles. The highest BCUT2D eigenvalue weighted by Gasteiger charge is 1.96. The minimum Gasteiger partial charge on any atom is -0.489 e. The summed E-state index contributed by atoms with van der Waals surface area (Å²) in [6, 6.07) is 17.9. The van der Waals surface area contributed by atoms with E-state index in [0.717, 1.165) is 16.9 Å². The average Bonchev–Trinajstić information content (AvgIpc) is 2.46. The summed E-state index contributed by atoms with van der Waals surface area (Å²) in [6.45, 7) is 0.555. The molecule has 0 saturated heterocycles. The third kappa shape index (κ3) is 4.74. The lowest BCUT2D eigenvalue weighted by molar-refractivity contribution is 0.306. The molecule has 3 nitrogen and oxygen atoms in total. The lowest BCUT2D eigenvalue weighted by Gasteiger charge is -2.07. The summed E-state index contributed by atoms with van der Waals surface area (Å²) >= 11 is 4.72. The number of hydrogen-bond donors (Lipinski definition) is 2. The Morgan fingerprint density at radius 1 is 1.15 bits per heavy atom. The second-order valence-corrected chi connectivity index (χ2v) is 4.63. The number of thiocarbonyl (C=S) groups is 1. The molecule has 0 fully saturated rings. The van der Waals surface area contributed by atoms with Gasteiger partial charge in [0.15, 0.2) is 5.11 Å². The lowest BCUT2D eigenvalue weighted by atomic mass is 10.2. The molecule has 0 aliphatic carbocycles. The molecule has 2 rings (SSSR count). The maximum absolute atomic E-state index is 5.76. The Morgan fingerprint density at radius 2 is 1.95 bits per heavy atom. The van der Waals surface area contributed by atoms with Gasteiger partial charge in [-0.1, -0.05) is 42.5 Å².